The zero-order valence-corrected chi connectivity index (χ0v) is 19.1. The van der Waals surface area contributed by atoms with Crippen molar-refractivity contribution in [1.29, 1.82) is 0 Å². The highest BCUT2D eigenvalue weighted by atomic mass is 16.5. The summed E-state index contributed by atoms with van der Waals surface area (Å²) in [6.07, 6.45) is 3.99. The summed E-state index contributed by atoms with van der Waals surface area (Å²) in [7, 11) is 2.35. The molecule has 1 amide bonds. The van der Waals surface area contributed by atoms with Crippen molar-refractivity contribution in [2.45, 2.75) is 39.3 Å². The molecule has 0 atom stereocenters. The van der Waals surface area contributed by atoms with E-state index in [-0.39, 0.29) is 5.91 Å². The highest BCUT2D eigenvalue weighted by Gasteiger charge is 2.24. The maximum Gasteiger partial charge on any atom is 0.255 e. The molecule has 0 saturated carbocycles. The van der Waals surface area contributed by atoms with Crippen molar-refractivity contribution >= 4 is 11.6 Å². The molecule has 1 saturated heterocycles. The standard InChI is InChI=1S/C28H32N2O2/c1-22-9-11-24(12-10-22)21-32-27-8-6-7-25(19-27)28(31)29-26-15-13-23(14-16-26)20-30(2)17-4-3-5-18-30/h6-16,19H,3-5,17-18,20-21H2,1-2H3/p+1. The van der Waals surface area contributed by atoms with Gasteiger partial charge in [-0.3, -0.25) is 4.79 Å². The van der Waals surface area contributed by atoms with Gasteiger partial charge in [-0.25, -0.2) is 0 Å². The maximum atomic E-state index is 12.8. The van der Waals surface area contributed by atoms with Crippen LogP contribution in [0.25, 0.3) is 0 Å². The number of aryl methyl sites for hydroxylation is 1. The van der Waals surface area contributed by atoms with E-state index in [1.54, 1.807) is 6.07 Å². The van der Waals surface area contributed by atoms with Crippen LogP contribution in [0.15, 0.2) is 72.8 Å². The van der Waals surface area contributed by atoms with Gasteiger partial charge in [0.1, 0.15) is 18.9 Å². The molecule has 0 aromatic heterocycles. The van der Waals surface area contributed by atoms with E-state index < -0.39 is 0 Å². The quantitative estimate of drug-likeness (QED) is 0.471. The van der Waals surface area contributed by atoms with Crippen LogP contribution in [0.2, 0.25) is 0 Å². The second-order valence-corrected chi connectivity index (χ2v) is 9.24. The van der Waals surface area contributed by atoms with E-state index >= 15 is 0 Å². The van der Waals surface area contributed by atoms with E-state index in [0.29, 0.717) is 17.9 Å². The SMILES string of the molecule is Cc1ccc(COc2cccc(C(=O)Nc3ccc(C[N+]4(C)CCCCC4)cc3)c2)cc1. The number of ether oxygens (including phenoxy) is 1. The first-order chi connectivity index (χ1) is 15.5. The Morgan fingerprint density at radius 2 is 1.59 bits per heavy atom. The van der Waals surface area contributed by atoms with Crippen LogP contribution >= 0.6 is 0 Å². The Bertz CT molecular complexity index is 1040. The van der Waals surface area contributed by atoms with Crippen LogP contribution < -0.4 is 10.1 Å². The summed E-state index contributed by atoms with van der Waals surface area (Å²) in [6, 6.07) is 23.9. The average Bonchev–Trinajstić information content (AvgIpc) is 2.80. The van der Waals surface area contributed by atoms with Crippen LogP contribution in [0.4, 0.5) is 5.69 Å². The molecule has 1 N–H and O–H groups in total. The molecule has 1 heterocycles. The number of nitrogens with one attached hydrogen (secondary N) is 1. The van der Waals surface area contributed by atoms with Crippen molar-refractivity contribution in [2.75, 3.05) is 25.5 Å². The van der Waals surface area contributed by atoms with Crippen LogP contribution in [0.1, 0.15) is 46.3 Å². The first-order valence-electron chi connectivity index (χ1n) is 11.5. The molecule has 4 heteroatoms. The van der Waals surface area contributed by atoms with E-state index in [9.17, 15) is 4.79 Å². The lowest BCUT2D eigenvalue weighted by Gasteiger charge is -2.37. The van der Waals surface area contributed by atoms with Crippen LogP contribution in [0.5, 0.6) is 5.75 Å². The smallest absolute Gasteiger partial charge is 0.255 e. The predicted molar refractivity (Wildman–Crippen MR) is 130 cm³/mol. The van der Waals surface area contributed by atoms with Crippen molar-refractivity contribution in [3.63, 3.8) is 0 Å². The molecule has 1 aliphatic rings. The lowest BCUT2D eigenvalue weighted by Crippen LogP contribution is -2.46. The number of rotatable bonds is 7. The van der Waals surface area contributed by atoms with E-state index in [4.69, 9.17) is 4.74 Å². The van der Waals surface area contributed by atoms with Crippen LogP contribution in [0, 0.1) is 6.92 Å². The van der Waals surface area contributed by atoms with Crippen molar-refractivity contribution in [2.24, 2.45) is 0 Å². The van der Waals surface area contributed by atoms with Crippen molar-refractivity contribution < 1.29 is 14.0 Å². The van der Waals surface area contributed by atoms with Gasteiger partial charge < -0.3 is 14.5 Å². The molecule has 4 rings (SSSR count). The number of carbonyl (C=O) groups excluding carboxylic acids is 1. The molecule has 3 aromatic rings. The van der Waals surface area contributed by atoms with E-state index in [0.717, 1.165) is 22.3 Å². The second kappa shape index (κ2) is 10.0. The Morgan fingerprint density at radius 3 is 2.31 bits per heavy atom. The third kappa shape index (κ3) is 5.98. The summed E-state index contributed by atoms with van der Waals surface area (Å²) in [5, 5.41) is 3.01. The van der Waals surface area contributed by atoms with Gasteiger partial charge in [0.2, 0.25) is 0 Å². The van der Waals surface area contributed by atoms with E-state index in [1.807, 2.05) is 30.3 Å². The number of hydrogen-bond acceptors (Lipinski definition) is 2. The number of quaternary nitrogens is 1. The van der Waals surface area contributed by atoms with Crippen molar-refractivity contribution in [3.8, 4) is 5.75 Å². The third-order valence-corrected chi connectivity index (χ3v) is 6.29. The largest absolute Gasteiger partial charge is 0.489 e. The lowest BCUT2D eigenvalue weighted by molar-refractivity contribution is -0.926. The molecule has 0 aliphatic carbocycles. The monoisotopic (exact) mass is 429 g/mol. The molecule has 1 fully saturated rings. The fraction of sp³-hybridized carbons (Fsp3) is 0.321. The van der Waals surface area contributed by atoms with Crippen LogP contribution in [-0.2, 0) is 13.2 Å². The topological polar surface area (TPSA) is 38.3 Å². The zero-order chi connectivity index (χ0) is 22.4. The van der Waals surface area contributed by atoms with Gasteiger partial charge in [0, 0.05) is 16.8 Å². The number of anilines is 1. The fourth-order valence-electron chi connectivity index (χ4n) is 4.35. The molecular formula is C28H33N2O2+. The zero-order valence-electron chi connectivity index (χ0n) is 19.1. The second-order valence-electron chi connectivity index (χ2n) is 9.24. The summed E-state index contributed by atoms with van der Waals surface area (Å²) >= 11 is 0. The number of piperidine rings is 1. The van der Waals surface area contributed by atoms with Gasteiger partial charge in [0.15, 0.2) is 0 Å². The van der Waals surface area contributed by atoms with Crippen molar-refractivity contribution in [3.05, 3.63) is 95.1 Å². The number of likely N-dealkylation sites (tertiary alicyclic amines) is 1. The average molecular weight is 430 g/mol. The molecule has 0 unspecified atom stereocenters. The number of hydrogen-bond donors (Lipinski definition) is 1. The molecule has 3 aromatic carbocycles. The highest BCUT2D eigenvalue weighted by Crippen LogP contribution is 2.22. The summed E-state index contributed by atoms with van der Waals surface area (Å²) in [5.74, 6) is 0.556. The van der Waals surface area contributed by atoms with E-state index in [1.165, 1.54) is 43.5 Å². The number of benzene rings is 3. The third-order valence-electron chi connectivity index (χ3n) is 6.29. The summed E-state index contributed by atoms with van der Waals surface area (Å²) in [6.45, 7) is 6.09. The molecule has 0 bridgehead atoms. The minimum absolute atomic E-state index is 0.131. The fourth-order valence-corrected chi connectivity index (χ4v) is 4.35. The summed E-state index contributed by atoms with van der Waals surface area (Å²) < 4.78 is 7.00. The number of carbonyl (C=O) groups is 1. The van der Waals surface area contributed by atoms with Gasteiger partial charge in [-0.05, 0) is 62.1 Å². The summed E-state index contributed by atoms with van der Waals surface area (Å²) in [5.41, 5.74) is 5.04. The normalized spacial score (nSPS) is 15.2. The first-order valence-corrected chi connectivity index (χ1v) is 11.5. The van der Waals surface area contributed by atoms with Gasteiger partial charge in [-0.2, -0.15) is 0 Å². The highest BCUT2D eigenvalue weighted by molar-refractivity contribution is 6.04. The van der Waals surface area contributed by atoms with Gasteiger partial charge in [-0.15, -0.1) is 0 Å². The van der Waals surface area contributed by atoms with Crippen molar-refractivity contribution in [1.82, 2.24) is 0 Å². The van der Waals surface area contributed by atoms with Gasteiger partial charge in [-0.1, -0.05) is 48.0 Å². The predicted octanol–water partition coefficient (Wildman–Crippen LogP) is 5.96. The molecule has 0 spiro atoms. The van der Waals surface area contributed by atoms with E-state index in [2.05, 4.69) is 55.7 Å². The summed E-state index contributed by atoms with van der Waals surface area (Å²) in [4.78, 5) is 12.8. The van der Waals surface area contributed by atoms with Crippen LogP contribution in [0.3, 0.4) is 0 Å². The molecular weight excluding hydrogens is 396 g/mol. The lowest BCUT2D eigenvalue weighted by atomic mass is 10.1. The Morgan fingerprint density at radius 1 is 0.906 bits per heavy atom. The maximum absolute atomic E-state index is 12.8. The number of nitrogens with zero attached hydrogens (tertiary/aromatic N) is 1. The Balaban J connectivity index is 1.34. The Labute approximate surface area is 191 Å². The molecule has 1 aliphatic heterocycles. The van der Waals surface area contributed by atoms with Gasteiger partial charge in [0.25, 0.3) is 5.91 Å². The van der Waals surface area contributed by atoms with Gasteiger partial charge in [0.05, 0.1) is 20.1 Å². The molecule has 32 heavy (non-hydrogen) atoms. The molecule has 4 nitrogen and oxygen atoms in total. The van der Waals surface area contributed by atoms with Crippen LogP contribution in [-0.4, -0.2) is 30.5 Å². The first kappa shape index (κ1) is 22.1. The molecule has 0 radical (unpaired) electrons. The minimum atomic E-state index is -0.131. The minimum Gasteiger partial charge on any atom is -0.489 e. The van der Waals surface area contributed by atoms with Gasteiger partial charge >= 0.3 is 0 Å². The Hall–Kier alpha value is -3.11. The number of amides is 1. The molecule has 166 valence electrons. The Kier molecular flexibility index (Phi) is 6.91.